The van der Waals surface area contributed by atoms with E-state index in [4.69, 9.17) is 7.48 Å². The van der Waals surface area contributed by atoms with E-state index in [1.54, 1.807) is 0 Å². The van der Waals surface area contributed by atoms with Gasteiger partial charge in [0.05, 0.1) is 23.1 Å². The molecule has 1 aliphatic rings. The zero-order valence-corrected chi connectivity index (χ0v) is 9.93. The Morgan fingerprint density at radius 3 is 2.50 bits per heavy atom. The fraction of sp³-hybridized carbons (Fsp3) is 0.545. The maximum absolute atomic E-state index is 11.7. The molecule has 1 fully saturated rings. The summed E-state index contributed by atoms with van der Waals surface area (Å²) in [6.07, 6.45) is 0. The first kappa shape index (κ1) is 11.2. The quantitative estimate of drug-likeness (QED) is 0.481. The summed E-state index contributed by atoms with van der Waals surface area (Å²) in [5, 5.41) is 0. The zero-order valence-electron chi connectivity index (χ0n) is 11.9. The molecule has 0 unspecified atom stereocenters. The molecule has 1 saturated heterocycles. The molecule has 0 saturated carbocycles. The van der Waals surface area contributed by atoms with Gasteiger partial charge in [0, 0.05) is 25.2 Å². The third-order valence-electron chi connectivity index (χ3n) is 2.14. The van der Waals surface area contributed by atoms with E-state index in [9.17, 15) is 14.4 Å². The van der Waals surface area contributed by atoms with Crippen molar-refractivity contribution < 1.29 is 31.3 Å². The minimum atomic E-state index is -1.22. The highest BCUT2D eigenvalue weighted by Crippen LogP contribution is 1.98. The van der Waals surface area contributed by atoms with Crippen molar-refractivity contribution in [1.29, 1.82) is 0 Å². The first-order chi connectivity index (χ1) is 9.47. The monoisotopic (exact) mass is 259 g/mol. The lowest BCUT2D eigenvalue weighted by atomic mass is 10.4. The molecule has 18 heavy (non-hydrogen) atoms. The van der Waals surface area contributed by atoms with Crippen molar-refractivity contribution in [2.75, 3.05) is 40.0 Å². The summed E-state index contributed by atoms with van der Waals surface area (Å²) >= 11 is 0. The van der Waals surface area contributed by atoms with Crippen molar-refractivity contribution in [3.63, 3.8) is 0 Å². The van der Waals surface area contributed by atoms with E-state index in [-0.39, 0.29) is 0 Å². The summed E-state index contributed by atoms with van der Waals surface area (Å²) in [6, 6.07) is -1.87. The first-order valence-corrected chi connectivity index (χ1v) is 5.25. The van der Waals surface area contributed by atoms with E-state index in [0.717, 1.165) is 7.11 Å². The number of carbonyl (C=O) groups excluding carboxylic acids is 3. The van der Waals surface area contributed by atoms with Crippen LogP contribution in [0.25, 0.3) is 0 Å². The molecule has 0 aliphatic carbocycles. The smallest absolute Gasteiger partial charge is 0.331 e. The molecule has 1 amide bonds. The van der Waals surface area contributed by atoms with E-state index in [1.807, 2.05) is 0 Å². The number of morpholine rings is 1. The fourth-order valence-corrected chi connectivity index (χ4v) is 1.22. The number of hydrogen-bond donors (Lipinski definition) is 0. The Labute approximate surface area is 107 Å². The van der Waals surface area contributed by atoms with Gasteiger partial charge in [-0.3, -0.25) is 4.79 Å². The maximum Gasteiger partial charge on any atom is 0.331 e. The number of methoxy groups -OCH3 is 1. The molecule has 0 spiro atoms. The van der Waals surface area contributed by atoms with Gasteiger partial charge in [0.25, 0.3) is 5.91 Å². The number of amides is 1. The van der Waals surface area contributed by atoms with Crippen LogP contribution < -0.4 is 0 Å². The van der Waals surface area contributed by atoms with Crippen molar-refractivity contribution in [2.24, 2.45) is 0 Å². The summed E-state index contributed by atoms with van der Waals surface area (Å²) in [5.74, 6) is -2.76. The SMILES string of the molecule is [2H]/C(C(=O)OC)=C(/[2H])C(=O)OCC(=O)N1CCOCC1. The second-order valence-electron chi connectivity index (χ2n) is 3.31. The van der Waals surface area contributed by atoms with Crippen LogP contribution in [-0.4, -0.2) is 62.8 Å². The number of esters is 2. The molecule has 1 rings (SSSR count). The van der Waals surface area contributed by atoms with Crippen LogP contribution in [0.2, 0.25) is 0 Å². The van der Waals surface area contributed by atoms with Crippen molar-refractivity contribution in [2.45, 2.75) is 0 Å². The Kier molecular flexibility index (Phi) is 4.63. The lowest BCUT2D eigenvalue weighted by Crippen LogP contribution is -2.42. The van der Waals surface area contributed by atoms with Gasteiger partial charge in [0.1, 0.15) is 0 Å². The molecule has 7 nitrogen and oxygen atoms in total. The predicted molar refractivity (Wildman–Crippen MR) is 59.5 cm³/mol. The largest absolute Gasteiger partial charge is 0.466 e. The minimum Gasteiger partial charge on any atom is -0.466 e. The molecule has 0 aromatic rings. The number of hydrogen-bond acceptors (Lipinski definition) is 6. The summed E-state index contributed by atoms with van der Waals surface area (Å²) < 4.78 is 28.3. The third kappa shape index (κ3) is 4.96. The van der Waals surface area contributed by atoms with Crippen LogP contribution >= 0.6 is 0 Å². The van der Waals surface area contributed by atoms with Crippen molar-refractivity contribution in [3.8, 4) is 0 Å². The molecule has 0 N–H and O–H groups in total. The molecule has 0 aromatic heterocycles. The lowest BCUT2D eigenvalue weighted by molar-refractivity contribution is -0.150. The van der Waals surface area contributed by atoms with Gasteiger partial charge in [0.2, 0.25) is 0 Å². The second-order valence-corrected chi connectivity index (χ2v) is 3.31. The summed E-state index contributed by atoms with van der Waals surface area (Å²) in [7, 11) is 1.03. The van der Waals surface area contributed by atoms with Crippen LogP contribution in [0.15, 0.2) is 12.1 Å². The molecule has 7 heteroatoms. The van der Waals surface area contributed by atoms with Crippen LogP contribution in [0.1, 0.15) is 2.74 Å². The summed E-state index contributed by atoms with van der Waals surface area (Å²) in [6.45, 7) is 1.11. The Balaban J connectivity index is 2.50. The van der Waals surface area contributed by atoms with Gasteiger partial charge in [-0.05, 0) is 0 Å². The molecule has 0 radical (unpaired) electrons. The molecule has 1 heterocycles. The number of rotatable bonds is 4. The Morgan fingerprint density at radius 2 is 1.89 bits per heavy atom. The molecule has 100 valence electrons. The van der Waals surface area contributed by atoms with Gasteiger partial charge in [-0.2, -0.15) is 0 Å². The van der Waals surface area contributed by atoms with Gasteiger partial charge in [-0.15, -0.1) is 0 Å². The minimum absolute atomic E-state index is 0.409. The topological polar surface area (TPSA) is 82.1 Å². The highest BCUT2D eigenvalue weighted by molar-refractivity contribution is 5.92. The molecular weight excluding hydrogens is 242 g/mol. The number of ether oxygens (including phenoxy) is 3. The summed E-state index contributed by atoms with van der Waals surface area (Å²) in [4.78, 5) is 35.5. The van der Waals surface area contributed by atoms with Crippen LogP contribution in [0.4, 0.5) is 0 Å². The second kappa shape index (κ2) is 7.44. The standard InChI is InChI=1S/C11H15NO6/c1-16-10(14)2-3-11(15)18-8-9(13)12-4-6-17-7-5-12/h2-3H,4-8H2,1H3/b3-2+/i2D,3D. The Hall–Kier alpha value is -1.89. The normalized spacial score (nSPS) is 18.2. The average Bonchev–Trinajstić information content (AvgIpc) is 2.50. The highest BCUT2D eigenvalue weighted by atomic mass is 16.5. The van der Waals surface area contributed by atoms with Gasteiger partial charge < -0.3 is 19.1 Å². The van der Waals surface area contributed by atoms with Crippen molar-refractivity contribution >= 4 is 17.8 Å². The Morgan fingerprint density at radius 1 is 1.28 bits per heavy atom. The van der Waals surface area contributed by atoms with Crippen LogP contribution in [0.5, 0.6) is 0 Å². The van der Waals surface area contributed by atoms with Gasteiger partial charge in [-0.25, -0.2) is 9.59 Å². The van der Waals surface area contributed by atoms with E-state index < -0.39 is 36.6 Å². The third-order valence-corrected chi connectivity index (χ3v) is 2.14. The van der Waals surface area contributed by atoms with Gasteiger partial charge >= 0.3 is 11.9 Å². The molecule has 0 atom stereocenters. The molecule has 0 aromatic carbocycles. The van der Waals surface area contributed by atoms with Crippen LogP contribution in [-0.2, 0) is 28.6 Å². The molecule has 1 aliphatic heterocycles. The first-order valence-electron chi connectivity index (χ1n) is 6.25. The summed E-state index contributed by atoms with van der Waals surface area (Å²) in [5.41, 5.74) is 0. The van der Waals surface area contributed by atoms with E-state index in [2.05, 4.69) is 9.47 Å². The lowest BCUT2D eigenvalue weighted by Gasteiger charge is -2.26. The highest BCUT2D eigenvalue weighted by Gasteiger charge is 2.17. The van der Waals surface area contributed by atoms with Crippen LogP contribution in [0, 0.1) is 0 Å². The zero-order chi connectivity index (χ0) is 15.1. The fourth-order valence-electron chi connectivity index (χ4n) is 1.22. The van der Waals surface area contributed by atoms with E-state index in [1.165, 1.54) is 4.90 Å². The Bertz CT molecular complexity index is 431. The van der Waals surface area contributed by atoms with Gasteiger partial charge in [0.15, 0.2) is 6.61 Å². The average molecular weight is 259 g/mol. The van der Waals surface area contributed by atoms with Crippen molar-refractivity contribution in [3.05, 3.63) is 12.1 Å². The van der Waals surface area contributed by atoms with E-state index >= 15 is 0 Å². The number of carbonyl (C=O) groups is 3. The van der Waals surface area contributed by atoms with E-state index in [0.29, 0.717) is 26.3 Å². The molecule has 0 bridgehead atoms. The van der Waals surface area contributed by atoms with Gasteiger partial charge in [-0.1, -0.05) is 0 Å². The predicted octanol–water partition coefficient (Wildman–Crippen LogP) is -0.882. The van der Waals surface area contributed by atoms with Crippen LogP contribution in [0.3, 0.4) is 0 Å². The number of nitrogens with zero attached hydrogens (tertiary/aromatic N) is 1. The maximum atomic E-state index is 11.7. The van der Waals surface area contributed by atoms with Crippen molar-refractivity contribution in [1.82, 2.24) is 4.90 Å². The molecular formula is C11H15NO6.